The molecule has 1 aromatic carbocycles. The molecule has 2 aliphatic carbocycles. The fourth-order valence-electron chi connectivity index (χ4n) is 4.69. The van der Waals surface area contributed by atoms with E-state index >= 15 is 0 Å². The van der Waals surface area contributed by atoms with Crippen molar-refractivity contribution in [2.45, 2.75) is 63.1 Å². The Hall–Kier alpha value is -2.21. The Morgan fingerprint density at radius 3 is 2.74 bits per heavy atom. The first-order valence-corrected chi connectivity index (χ1v) is 10.3. The highest BCUT2D eigenvalue weighted by Crippen LogP contribution is 2.41. The SMILES string of the molecule is O=C(c1cn(C2CCNCC2)nn1)N(C1CC1)C1CCCc2ccccc21. The molecule has 6 heteroatoms. The van der Waals surface area contributed by atoms with E-state index in [2.05, 4.69) is 44.8 Å². The van der Waals surface area contributed by atoms with Crippen molar-refractivity contribution in [1.29, 1.82) is 0 Å². The van der Waals surface area contributed by atoms with Crippen LogP contribution in [0.5, 0.6) is 0 Å². The number of nitrogens with zero attached hydrogens (tertiary/aromatic N) is 4. The molecule has 142 valence electrons. The second-order valence-electron chi connectivity index (χ2n) is 8.12. The van der Waals surface area contributed by atoms with Gasteiger partial charge in [0.05, 0.1) is 18.3 Å². The average Bonchev–Trinajstić information content (AvgIpc) is 3.43. The molecule has 2 aromatic rings. The highest BCUT2D eigenvalue weighted by Gasteiger charge is 2.40. The molecule has 1 unspecified atom stereocenters. The zero-order valence-corrected chi connectivity index (χ0v) is 15.7. The number of aromatic nitrogens is 3. The summed E-state index contributed by atoms with van der Waals surface area (Å²) < 4.78 is 1.91. The lowest BCUT2D eigenvalue weighted by atomic mass is 9.86. The number of fused-ring (bicyclic) bond motifs is 1. The molecule has 2 fully saturated rings. The van der Waals surface area contributed by atoms with Crippen LogP contribution in [0.4, 0.5) is 0 Å². The maximum absolute atomic E-state index is 13.4. The van der Waals surface area contributed by atoms with Crippen LogP contribution in [-0.2, 0) is 6.42 Å². The standard InChI is InChI=1S/C21H27N5O/c27-21(19-14-25(24-23-19)16-10-12-22-13-11-16)26(17-8-9-17)20-7-3-5-15-4-1-2-6-18(15)20/h1-2,4,6,14,16-17,20,22H,3,5,7-13H2. The fourth-order valence-corrected chi connectivity index (χ4v) is 4.69. The minimum atomic E-state index is 0.0550. The Balaban J connectivity index is 1.42. The maximum atomic E-state index is 13.4. The molecule has 1 saturated heterocycles. The summed E-state index contributed by atoms with van der Waals surface area (Å²) in [4.78, 5) is 15.5. The predicted molar refractivity (Wildman–Crippen MR) is 102 cm³/mol. The number of amides is 1. The summed E-state index contributed by atoms with van der Waals surface area (Å²) in [5, 5.41) is 11.9. The number of hydrogen-bond donors (Lipinski definition) is 1. The Kier molecular flexibility index (Phi) is 4.44. The van der Waals surface area contributed by atoms with Gasteiger partial charge >= 0.3 is 0 Å². The lowest BCUT2D eigenvalue weighted by Gasteiger charge is -2.35. The topological polar surface area (TPSA) is 63.1 Å². The second-order valence-corrected chi connectivity index (χ2v) is 8.12. The maximum Gasteiger partial charge on any atom is 0.276 e. The van der Waals surface area contributed by atoms with Crippen LogP contribution in [0.15, 0.2) is 30.5 Å². The Morgan fingerprint density at radius 1 is 1.11 bits per heavy atom. The largest absolute Gasteiger partial charge is 0.327 e. The summed E-state index contributed by atoms with van der Waals surface area (Å²) in [5.41, 5.74) is 3.23. The number of rotatable bonds is 4. The summed E-state index contributed by atoms with van der Waals surface area (Å²) in [6, 6.07) is 9.51. The third-order valence-corrected chi connectivity index (χ3v) is 6.26. The van der Waals surface area contributed by atoms with Gasteiger partial charge in [0.2, 0.25) is 0 Å². The summed E-state index contributed by atoms with van der Waals surface area (Å²) in [5.74, 6) is 0.0550. The molecule has 0 bridgehead atoms. The van der Waals surface area contributed by atoms with Gasteiger partial charge in [0.15, 0.2) is 5.69 Å². The minimum Gasteiger partial charge on any atom is -0.327 e. The molecule has 0 radical (unpaired) electrons. The number of aryl methyl sites for hydroxylation is 1. The van der Waals surface area contributed by atoms with Crippen LogP contribution < -0.4 is 5.32 Å². The zero-order chi connectivity index (χ0) is 18.2. The van der Waals surface area contributed by atoms with Crippen LogP contribution in [0.2, 0.25) is 0 Å². The van der Waals surface area contributed by atoms with Crippen molar-refractivity contribution in [2.24, 2.45) is 0 Å². The van der Waals surface area contributed by atoms with Crippen LogP contribution in [-0.4, -0.2) is 44.9 Å². The molecule has 1 aliphatic heterocycles. The van der Waals surface area contributed by atoms with Crippen LogP contribution in [0.25, 0.3) is 0 Å². The van der Waals surface area contributed by atoms with E-state index in [0.717, 1.165) is 58.0 Å². The number of piperidine rings is 1. The van der Waals surface area contributed by atoms with Gasteiger partial charge in [0.25, 0.3) is 5.91 Å². The van der Waals surface area contributed by atoms with Crippen molar-refractivity contribution in [3.8, 4) is 0 Å². The molecule has 1 saturated carbocycles. The highest BCUT2D eigenvalue weighted by atomic mass is 16.2. The van der Waals surface area contributed by atoms with Gasteiger partial charge in [0.1, 0.15) is 0 Å². The lowest BCUT2D eigenvalue weighted by molar-refractivity contribution is 0.0631. The van der Waals surface area contributed by atoms with Crippen molar-refractivity contribution in [3.63, 3.8) is 0 Å². The van der Waals surface area contributed by atoms with Crippen LogP contribution in [0.1, 0.15) is 72.2 Å². The van der Waals surface area contributed by atoms with E-state index in [-0.39, 0.29) is 11.9 Å². The van der Waals surface area contributed by atoms with E-state index in [1.54, 1.807) is 0 Å². The number of benzene rings is 1. The zero-order valence-electron chi connectivity index (χ0n) is 15.7. The van der Waals surface area contributed by atoms with Crippen molar-refractivity contribution in [1.82, 2.24) is 25.2 Å². The molecule has 0 spiro atoms. The average molecular weight is 365 g/mol. The Morgan fingerprint density at radius 2 is 1.93 bits per heavy atom. The molecule has 1 N–H and O–H groups in total. The predicted octanol–water partition coefficient (Wildman–Crippen LogP) is 2.88. The monoisotopic (exact) mass is 365 g/mol. The van der Waals surface area contributed by atoms with Gasteiger partial charge in [-0.05, 0) is 69.2 Å². The molecule has 5 rings (SSSR count). The normalized spacial score (nSPS) is 23.0. The van der Waals surface area contributed by atoms with Gasteiger partial charge in [-0.2, -0.15) is 0 Å². The van der Waals surface area contributed by atoms with Gasteiger partial charge in [-0.15, -0.1) is 5.10 Å². The first-order chi connectivity index (χ1) is 13.3. The van der Waals surface area contributed by atoms with Gasteiger partial charge in [-0.25, -0.2) is 4.68 Å². The summed E-state index contributed by atoms with van der Waals surface area (Å²) in [7, 11) is 0. The van der Waals surface area contributed by atoms with E-state index in [4.69, 9.17) is 0 Å². The highest BCUT2D eigenvalue weighted by molar-refractivity contribution is 5.92. The number of nitrogens with one attached hydrogen (secondary N) is 1. The molecule has 6 nitrogen and oxygen atoms in total. The third-order valence-electron chi connectivity index (χ3n) is 6.26. The van der Waals surface area contributed by atoms with Gasteiger partial charge in [-0.3, -0.25) is 4.79 Å². The first kappa shape index (κ1) is 16.9. The van der Waals surface area contributed by atoms with E-state index in [0.29, 0.717) is 17.8 Å². The summed E-state index contributed by atoms with van der Waals surface area (Å²) in [6.45, 7) is 2.00. The molecule has 1 amide bonds. The van der Waals surface area contributed by atoms with Crippen LogP contribution >= 0.6 is 0 Å². The van der Waals surface area contributed by atoms with E-state index in [1.807, 2.05) is 10.9 Å². The van der Waals surface area contributed by atoms with Crippen molar-refractivity contribution in [2.75, 3.05) is 13.1 Å². The molecular formula is C21H27N5O. The summed E-state index contributed by atoms with van der Waals surface area (Å²) in [6.07, 6.45) is 9.47. The van der Waals surface area contributed by atoms with Crippen molar-refractivity contribution in [3.05, 3.63) is 47.3 Å². The molecule has 27 heavy (non-hydrogen) atoms. The van der Waals surface area contributed by atoms with Crippen molar-refractivity contribution < 1.29 is 4.79 Å². The lowest BCUT2D eigenvalue weighted by Crippen LogP contribution is -2.38. The fraction of sp³-hybridized carbons (Fsp3) is 0.571. The van der Waals surface area contributed by atoms with E-state index in [1.165, 1.54) is 11.1 Å². The second kappa shape index (κ2) is 7.08. The number of carbonyl (C=O) groups is 1. The van der Waals surface area contributed by atoms with Gasteiger partial charge < -0.3 is 10.2 Å². The van der Waals surface area contributed by atoms with Crippen LogP contribution in [0.3, 0.4) is 0 Å². The molecular weight excluding hydrogens is 338 g/mol. The first-order valence-electron chi connectivity index (χ1n) is 10.3. The Bertz CT molecular complexity index is 821. The van der Waals surface area contributed by atoms with Gasteiger partial charge in [-0.1, -0.05) is 29.5 Å². The van der Waals surface area contributed by atoms with Crippen molar-refractivity contribution >= 4 is 5.91 Å². The number of hydrogen-bond acceptors (Lipinski definition) is 4. The van der Waals surface area contributed by atoms with Crippen LogP contribution in [0, 0.1) is 0 Å². The smallest absolute Gasteiger partial charge is 0.276 e. The molecule has 1 aromatic heterocycles. The molecule has 1 atom stereocenters. The molecule has 3 aliphatic rings. The quantitative estimate of drug-likeness (QED) is 0.905. The summed E-state index contributed by atoms with van der Waals surface area (Å²) >= 11 is 0. The molecule has 2 heterocycles. The van der Waals surface area contributed by atoms with E-state index in [9.17, 15) is 4.79 Å². The van der Waals surface area contributed by atoms with Gasteiger partial charge in [0, 0.05) is 6.04 Å². The third kappa shape index (κ3) is 3.27. The van der Waals surface area contributed by atoms with E-state index < -0.39 is 0 Å². The number of carbonyl (C=O) groups excluding carboxylic acids is 1. The minimum absolute atomic E-state index is 0.0550. The Labute approximate surface area is 159 Å².